The van der Waals surface area contributed by atoms with Crippen LogP contribution in [0.2, 0.25) is 0 Å². The molecule has 0 N–H and O–H groups in total. The monoisotopic (exact) mass is 397 g/mol. The van der Waals surface area contributed by atoms with Gasteiger partial charge in [-0.15, -0.1) is 0 Å². The molecule has 2 aromatic carbocycles. The van der Waals surface area contributed by atoms with E-state index in [0.29, 0.717) is 0 Å². The second-order valence-corrected chi connectivity index (χ2v) is 5.65. The molecule has 0 heterocycles. The van der Waals surface area contributed by atoms with Gasteiger partial charge in [0.2, 0.25) is 0 Å². The molecule has 0 radical (unpaired) electrons. The standard InChI is InChI=1S/C20H24N2O2.CH3.Ni/c1-13-9-7-11-17(23-5)19(13)21-15(3)16(4)22-20-14(2)10-8-12-18(20)24-6;;/h7-12H,1-6H3;1H3;/q;-1;+2. The van der Waals surface area contributed by atoms with Gasteiger partial charge in [0, 0.05) is 0 Å². The molecule has 0 spiro atoms. The molecule has 0 unspecified atom stereocenters. The van der Waals surface area contributed by atoms with Crippen LogP contribution in [0.5, 0.6) is 11.5 Å². The second-order valence-electron chi connectivity index (χ2n) is 5.65. The minimum absolute atomic E-state index is 0. The SMILES string of the molecule is COc1cccc(C)c1N=C(C)C(C)=Nc1c(C)cccc1OC.[CH3-].[Ni+2]. The summed E-state index contributed by atoms with van der Waals surface area (Å²) >= 11 is 0. The van der Waals surface area contributed by atoms with E-state index < -0.39 is 0 Å². The zero-order valence-corrected chi connectivity index (χ0v) is 17.5. The molecule has 4 nitrogen and oxygen atoms in total. The molecule has 2 aromatic rings. The summed E-state index contributed by atoms with van der Waals surface area (Å²) < 4.78 is 10.8. The van der Waals surface area contributed by atoms with Crippen molar-refractivity contribution in [3.05, 3.63) is 55.0 Å². The third kappa shape index (κ3) is 5.44. The van der Waals surface area contributed by atoms with E-state index in [1.54, 1.807) is 14.2 Å². The van der Waals surface area contributed by atoms with E-state index >= 15 is 0 Å². The Morgan fingerprint density at radius 3 is 1.38 bits per heavy atom. The fraction of sp³-hybridized carbons (Fsp3) is 0.286. The number of hydrogen-bond donors (Lipinski definition) is 0. The normalized spacial score (nSPS) is 11.3. The number of nitrogens with zero attached hydrogens (tertiary/aromatic N) is 2. The van der Waals surface area contributed by atoms with Crippen molar-refractivity contribution in [1.29, 1.82) is 0 Å². The number of aryl methyl sites for hydroxylation is 2. The third-order valence-corrected chi connectivity index (χ3v) is 3.92. The van der Waals surface area contributed by atoms with Gasteiger partial charge in [-0.05, 0) is 51.0 Å². The van der Waals surface area contributed by atoms with Crippen molar-refractivity contribution >= 4 is 22.8 Å². The van der Waals surface area contributed by atoms with Crippen LogP contribution in [-0.4, -0.2) is 25.6 Å². The molecule has 142 valence electrons. The average molecular weight is 398 g/mol. The summed E-state index contributed by atoms with van der Waals surface area (Å²) in [6.45, 7) is 7.95. The maximum atomic E-state index is 5.41. The van der Waals surface area contributed by atoms with Crippen LogP contribution >= 0.6 is 0 Å². The van der Waals surface area contributed by atoms with E-state index in [-0.39, 0.29) is 23.9 Å². The molecule has 0 saturated carbocycles. The van der Waals surface area contributed by atoms with E-state index in [9.17, 15) is 0 Å². The van der Waals surface area contributed by atoms with Crippen LogP contribution in [0.15, 0.2) is 46.4 Å². The number of benzene rings is 2. The molecule has 26 heavy (non-hydrogen) atoms. The minimum Gasteiger partial charge on any atom is -0.494 e. The van der Waals surface area contributed by atoms with Crippen LogP contribution in [0.3, 0.4) is 0 Å². The van der Waals surface area contributed by atoms with Gasteiger partial charge in [-0.3, -0.25) is 0 Å². The second kappa shape index (κ2) is 10.8. The van der Waals surface area contributed by atoms with Gasteiger partial charge < -0.3 is 16.9 Å². The average Bonchev–Trinajstić information content (AvgIpc) is 2.58. The van der Waals surface area contributed by atoms with Crippen LogP contribution in [0.25, 0.3) is 0 Å². The van der Waals surface area contributed by atoms with Crippen molar-refractivity contribution in [2.75, 3.05) is 14.2 Å². The van der Waals surface area contributed by atoms with Gasteiger partial charge in [0.1, 0.15) is 22.9 Å². The van der Waals surface area contributed by atoms with Crippen molar-refractivity contribution in [3.63, 3.8) is 0 Å². The first-order chi connectivity index (χ1) is 11.5. The number of methoxy groups -OCH3 is 2. The molecule has 0 aliphatic carbocycles. The van der Waals surface area contributed by atoms with Gasteiger partial charge in [-0.1, -0.05) is 24.3 Å². The third-order valence-electron chi connectivity index (χ3n) is 3.92. The number of hydrogen-bond acceptors (Lipinski definition) is 4. The molecule has 0 aromatic heterocycles. The largest absolute Gasteiger partial charge is 2.00 e. The zero-order valence-electron chi connectivity index (χ0n) is 16.5. The van der Waals surface area contributed by atoms with Crippen LogP contribution in [0.1, 0.15) is 25.0 Å². The predicted octanol–water partition coefficient (Wildman–Crippen LogP) is 5.65. The first kappa shape index (κ1) is 23.9. The minimum atomic E-state index is 0. The van der Waals surface area contributed by atoms with Crippen LogP contribution in [0, 0.1) is 21.3 Å². The van der Waals surface area contributed by atoms with Crippen LogP contribution in [-0.2, 0) is 16.5 Å². The van der Waals surface area contributed by atoms with Gasteiger partial charge in [-0.2, -0.15) is 0 Å². The first-order valence-electron chi connectivity index (χ1n) is 7.86. The topological polar surface area (TPSA) is 43.2 Å². The van der Waals surface area contributed by atoms with Gasteiger partial charge in [0.15, 0.2) is 0 Å². The summed E-state index contributed by atoms with van der Waals surface area (Å²) in [4.78, 5) is 9.46. The van der Waals surface area contributed by atoms with Crippen LogP contribution in [0.4, 0.5) is 11.4 Å². The summed E-state index contributed by atoms with van der Waals surface area (Å²) in [5.74, 6) is 1.52. The van der Waals surface area contributed by atoms with Crippen molar-refractivity contribution < 1.29 is 26.0 Å². The van der Waals surface area contributed by atoms with Gasteiger partial charge in [0.05, 0.1) is 25.6 Å². The molecule has 0 fully saturated rings. The Hall–Kier alpha value is -2.13. The Bertz CT molecular complexity index is 731. The molecule has 5 heteroatoms. The maximum Gasteiger partial charge on any atom is 2.00 e. The Morgan fingerprint density at radius 1 is 0.731 bits per heavy atom. The molecule has 0 aliphatic rings. The zero-order chi connectivity index (χ0) is 17.7. The van der Waals surface area contributed by atoms with Gasteiger partial charge in [0.25, 0.3) is 0 Å². The Labute approximate surface area is 167 Å². The van der Waals surface area contributed by atoms with Gasteiger partial charge >= 0.3 is 16.5 Å². The molecular weight excluding hydrogens is 371 g/mol. The van der Waals surface area contributed by atoms with E-state index in [2.05, 4.69) is 0 Å². The van der Waals surface area contributed by atoms with Gasteiger partial charge in [-0.25, -0.2) is 9.98 Å². The van der Waals surface area contributed by atoms with Crippen LogP contribution < -0.4 is 9.47 Å². The molecule has 0 bridgehead atoms. The number of para-hydroxylation sites is 2. The molecule has 0 amide bonds. The summed E-state index contributed by atoms with van der Waals surface area (Å²) in [6.07, 6.45) is 0. The molecule has 2 rings (SSSR count). The Morgan fingerprint density at radius 2 is 1.08 bits per heavy atom. The smallest absolute Gasteiger partial charge is 0.494 e. The Balaban J connectivity index is 0.00000312. The maximum absolute atomic E-state index is 5.41. The molecule has 0 aliphatic heterocycles. The van der Waals surface area contributed by atoms with E-state index in [0.717, 1.165) is 45.4 Å². The number of aliphatic imine (C=N–C) groups is 2. The first-order valence-corrected chi connectivity index (χ1v) is 7.86. The van der Waals surface area contributed by atoms with Crippen molar-refractivity contribution in [2.24, 2.45) is 9.98 Å². The fourth-order valence-electron chi connectivity index (χ4n) is 2.38. The van der Waals surface area contributed by atoms with E-state index in [4.69, 9.17) is 19.5 Å². The molecule has 0 atom stereocenters. The van der Waals surface area contributed by atoms with Crippen molar-refractivity contribution in [3.8, 4) is 11.5 Å². The van der Waals surface area contributed by atoms with E-state index in [1.165, 1.54) is 0 Å². The van der Waals surface area contributed by atoms with E-state index in [1.807, 2.05) is 64.1 Å². The predicted molar refractivity (Wildman–Crippen MR) is 107 cm³/mol. The quantitative estimate of drug-likeness (QED) is 0.371. The molecular formula is C21H27N2NiO2+. The number of ether oxygens (including phenoxy) is 2. The van der Waals surface area contributed by atoms with Crippen molar-refractivity contribution in [2.45, 2.75) is 27.7 Å². The summed E-state index contributed by atoms with van der Waals surface area (Å²) in [6, 6.07) is 11.8. The summed E-state index contributed by atoms with van der Waals surface area (Å²) in [7, 11) is 3.31. The molecule has 0 saturated heterocycles. The Kier molecular flexibility index (Phi) is 9.89. The van der Waals surface area contributed by atoms with Crippen molar-refractivity contribution in [1.82, 2.24) is 0 Å². The summed E-state index contributed by atoms with van der Waals surface area (Å²) in [5, 5.41) is 0. The fourth-order valence-corrected chi connectivity index (χ4v) is 2.38. The summed E-state index contributed by atoms with van der Waals surface area (Å²) in [5.41, 5.74) is 5.48. The number of rotatable bonds is 5.